The van der Waals surface area contributed by atoms with E-state index in [0.717, 1.165) is 5.56 Å². The summed E-state index contributed by atoms with van der Waals surface area (Å²) in [6.45, 7) is 2.20. The molecule has 3 aromatic rings. The van der Waals surface area contributed by atoms with Crippen molar-refractivity contribution in [1.82, 2.24) is 4.57 Å². The number of rotatable bonds is 5. The molecule has 0 bridgehead atoms. The van der Waals surface area contributed by atoms with Gasteiger partial charge in [0.15, 0.2) is 0 Å². The molecule has 27 heavy (non-hydrogen) atoms. The van der Waals surface area contributed by atoms with Gasteiger partial charge in [-0.05, 0) is 18.6 Å². The number of carbonyl (C=O) groups excluding carboxylic acids is 1. The van der Waals surface area contributed by atoms with Crippen LogP contribution in [0, 0.1) is 6.92 Å². The Hall–Kier alpha value is -3.02. The molecule has 0 saturated heterocycles. The largest absolute Gasteiger partial charge is 0.444 e. The van der Waals surface area contributed by atoms with Gasteiger partial charge < -0.3 is 9.30 Å². The molecule has 1 aromatic heterocycles. The summed E-state index contributed by atoms with van der Waals surface area (Å²) in [4.78, 5) is 12.4. The summed E-state index contributed by atoms with van der Waals surface area (Å²) in [5.41, 5.74) is 1.59. The third-order valence-corrected chi connectivity index (χ3v) is 4.28. The van der Waals surface area contributed by atoms with Crippen LogP contribution in [0.15, 0.2) is 72.9 Å². The van der Waals surface area contributed by atoms with Crippen LogP contribution < -0.4 is 0 Å². The van der Waals surface area contributed by atoms with E-state index in [1.165, 1.54) is 30.3 Å². The van der Waals surface area contributed by atoms with E-state index in [4.69, 9.17) is 4.74 Å². The number of hydrogen-bond donors (Lipinski definition) is 0. The minimum absolute atomic E-state index is 0.111. The molecule has 0 saturated carbocycles. The Morgan fingerprint density at radius 3 is 2.19 bits per heavy atom. The summed E-state index contributed by atoms with van der Waals surface area (Å²) in [6, 6.07) is 18.2. The van der Waals surface area contributed by atoms with Gasteiger partial charge in [-0.2, -0.15) is 13.2 Å². The fourth-order valence-corrected chi connectivity index (χ4v) is 2.84. The molecule has 0 radical (unpaired) electrons. The van der Waals surface area contributed by atoms with E-state index in [2.05, 4.69) is 0 Å². The Kier molecular flexibility index (Phi) is 5.35. The first-order chi connectivity index (χ1) is 12.9. The lowest BCUT2D eigenvalue weighted by Gasteiger charge is -2.21. The molecule has 2 aromatic carbocycles. The summed E-state index contributed by atoms with van der Waals surface area (Å²) in [7, 11) is 0. The van der Waals surface area contributed by atoms with Crippen LogP contribution in [0.4, 0.5) is 13.2 Å². The van der Waals surface area contributed by atoms with Crippen LogP contribution in [0.3, 0.4) is 0 Å². The first-order valence-corrected chi connectivity index (χ1v) is 8.38. The number of carbonyl (C=O) groups is 1. The number of ether oxygens (including phenoxy) is 1. The van der Waals surface area contributed by atoms with Crippen LogP contribution >= 0.6 is 0 Å². The lowest BCUT2D eigenvalue weighted by atomic mass is 10.1. The number of nitrogens with zero attached hydrogens (tertiary/aromatic N) is 1. The third-order valence-electron chi connectivity index (χ3n) is 4.28. The van der Waals surface area contributed by atoms with Gasteiger partial charge in [-0.3, -0.25) is 0 Å². The highest BCUT2D eigenvalue weighted by Gasteiger charge is 2.44. The van der Waals surface area contributed by atoms with Crippen LogP contribution in [-0.2, 0) is 11.3 Å². The molecule has 0 unspecified atom stereocenters. The minimum atomic E-state index is -4.70. The summed E-state index contributed by atoms with van der Waals surface area (Å²) in [5.74, 6) is -0.995. The molecular formula is C21H18F3NO2. The van der Waals surface area contributed by atoms with Crippen molar-refractivity contribution < 1.29 is 22.7 Å². The fourth-order valence-electron chi connectivity index (χ4n) is 2.84. The zero-order valence-corrected chi connectivity index (χ0v) is 14.6. The highest BCUT2D eigenvalue weighted by Crippen LogP contribution is 2.36. The normalized spacial score (nSPS) is 12.6. The van der Waals surface area contributed by atoms with E-state index in [0.29, 0.717) is 12.2 Å². The van der Waals surface area contributed by atoms with Gasteiger partial charge in [0.25, 0.3) is 0 Å². The van der Waals surface area contributed by atoms with Crippen molar-refractivity contribution >= 4 is 5.97 Å². The Labute approximate surface area is 155 Å². The van der Waals surface area contributed by atoms with Crippen LogP contribution in [0.25, 0.3) is 0 Å². The van der Waals surface area contributed by atoms with Gasteiger partial charge >= 0.3 is 12.1 Å². The maximum absolute atomic E-state index is 13.4. The summed E-state index contributed by atoms with van der Waals surface area (Å²) in [6.07, 6.45) is -5.33. The smallest absolute Gasteiger partial charge is 0.429 e. The number of halogens is 3. The summed E-state index contributed by atoms with van der Waals surface area (Å²) >= 11 is 0. The summed E-state index contributed by atoms with van der Waals surface area (Å²) < 4.78 is 46.8. The number of hydrogen-bond acceptors (Lipinski definition) is 2. The number of benzene rings is 2. The van der Waals surface area contributed by atoms with Gasteiger partial charge in [-0.25, -0.2) is 4.79 Å². The van der Waals surface area contributed by atoms with E-state index in [9.17, 15) is 18.0 Å². The predicted molar refractivity (Wildman–Crippen MR) is 95.4 cm³/mol. The first-order valence-electron chi connectivity index (χ1n) is 8.38. The molecule has 3 nitrogen and oxygen atoms in total. The lowest BCUT2D eigenvalue weighted by molar-refractivity contribution is -0.207. The van der Waals surface area contributed by atoms with Crippen molar-refractivity contribution in [2.24, 2.45) is 0 Å². The summed E-state index contributed by atoms with van der Waals surface area (Å²) in [5, 5.41) is 0. The number of aromatic nitrogens is 1. The second-order valence-electron chi connectivity index (χ2n) is 6.17. The van der Waals surface area contributed by atoms with E-state index in [-0.39, 0.29) is 11.1 Å². The van der Waals surface area contributed by atoms with Crippen molar-refractivity contribution in [2.75, 3.05) is 0 Å². The molecule has 0 fully saturated rings. The van der Waals surface area contributed by atoms with Crippen LogP contribution in [-0.4, -0.2) is 16.7 Å². The topological polar surface area (TPSA) is 31.2 Å². The molecule has 0 aliphatic rings. The van der Waals surface area contributed by atoms with Gasteiger partial charge in [0, 0.05) is 24.0 Å². The van der Waals surface area contributed by atoms with Crippen molar-refractivity contribution in [3.8, 4) is 0 Å². The van der Waals surface area contributed by atoms with E-state index in [1.54, 1.807) is 23.8 Å². The fraction of sp³-hybridized carbons (Fsp3) is 0.190. The predicted octanol–water partition coefficient (Wildman–Crippen LogP) is 5.31. The Morgan fingerprint density at radius 2 is 1.59 bits per heavy atom. The molecule has 0 aliphatic carbocycles. The molecule has 1 heterocycles. The minimum Gasteiger partial charge on any atom is -0.444 e. The van der Waals surface area contributed by atoms with Gasteiger partial charge in [-0.15, -0.1) is 0 Å². The Morgan fingerprint density at radius 1 is 1.00 bits per heavy atom. The van der Waals surface area contributed by atoms with Crippen molar-refractivity contribution in [3.63, 3.8) is 0 Å². The Bertz CT molecular complexity index is 902. The van der Waals surface area contributed by atoms with Crippen molar-refractivity contribution in [2.45, 2.75) is 25.7 Å². The quantitative estimate of drug-likeness (QED) is 0.568. The molecule has 0 amide bonds. The zero-order valence-electron chi connectivity index (χ0n) is 14.6. The molecule has 3 rings (SSSR count). The maximum atomic E-state index is 13.4. The maximum Gasteiger partial charge on any atom is 0.429 e. The van der Waals surface area contributed by atoms with Gasteiger partial charge in [-0.1, -0.05) is 60.7 Å². The zero-order chi connectivity index (χ0) is 19.4. The van der Waals surface area contributed by atoms with Crippen LogP contribution in [0.5, 0.6) is 0 Å². The van der Waals surface area contributed by atoms with Gasteiger partial charge in [0.2, 0.25) is 6.10 Å². The molecular weight excluding hydrogens is 355 g/mol. The molecule has 0 spiro atoms. The van der Waals surface area contributed by atoms with E-state index >= 15 is 0 Å². The molecule has 6 heteroatoms. The average molecular weight is 373 g/mol. The molecule has 1 atom stereocenters. The monoisotopic (exact) mass is 373 g/mol. The van der Waals surface area contributed by atoms with E-state index in [1.807, 2.05) is 30.3 Å². The molecule has 0 N–H and O–H groups in total. The Balaban J connectivity index is 1.81. The molecule has 0 aliphatic heterocycles. The number of alkyl halides is 3. The number of esters is 1. The van der Waals surface area contributed by atoms with Gasteiger partial charge in [0.05, 0.1) is 5.56 Å². The molecule has 140 valence electrons. The van der Waals surface area contributed by atoms with Crippen molar-refractivity contribution in [3.05, 3.63) is 95.3 Å². The van der Waals surface area contributed by atoms with Crippen LogP contribution in [0.1, 0.15) is 33.3 Å². The SMILES string of the molecule is Cc1c(C(=O)O[C@H](c2ccccc2)C(F)(F)F)ccn1Cc1ccccc1. The second kappa shape index (κ2) is 7.70. The van der Waals surface area contributed by atoms with Crippen LogP contribution in [0.2, 0.25) is 0 Å². The first kappa shape index (κ1) is 18.8. The highest BCUT2D eigenvalue weighted by atomic mass is 19.4. The van der Waals surface area contributed by atoms with E-state index < -0.39 is 18.2 Å². The highest BCUT2D eigenvalue weighted by molar-refractivity contribution is 5.91. The van der Waals surface area contributed by atoms with Crippen molar-refractivity contribution in [1.29, 1.82) is 0 Å². The average Bonchev–Trinajstić information content (AvgIpc) is 3.01. The lowest BCUT2D eigenvalue weighted by Crippen LogP contribution is -2.26. The van der Waals surface area contributed by atoms with Gasteiger partial charge in [0.1, 0.15) is 0 Å². The standard InChI is InChI=1S/C21H18F3NO2/c1-15-18(12-13-25(15)14-16-8-4-2-5-9-16)20(26)27-19(21(22,23)24)17-10-6-3-7-11-17/h2-13,19H,14H2,1H3/t19-/m1/s1. The third kappa shape index (κ3) is 4.39. The second-order valence-corrected chi connectivity index (χ2v) is 6.17.